The van der Waals surface area contributed by atoms with Crippen molar-refractivity contribution in [2.45, 2.75) is 96.1 Å². The second-order valence-electron chi connectivity index (χ2n) is 6.21. The summed E-state index contributed by atoms with van der Waals surface area (Å²) in [6.45, 7) is 4.06. The molecule has 0 rings (SSSR count). The second kappa shape index (κ2) is 11.2. The molecule has 0 amide bonds. The van der Waals surface area contributed by atoms with Crippen molar-refractivity contribution in [2.24, 2.45) is 0 Å². The lowest BCUT2D eigenvalue weighted by Crippen LogP contribution is -2.38. The van der Waals surface area contributed by atoms with Crippen molar-refractivity contribution in [1.82, 2.24) is 0 Å². The first-order valence-corrected chi connectivity index (χ1v) is 10.2. The van der Waals surface area contributed by atoms with Gasteiger partial charge < -0.3 is 14.9 Å². The first-order valence-electron chi connectivity index (χ1n) is 8.61. The van der Waals surface area contributed by atoms with Crippen LogP contribution in [0.2, 0.25) is 0 Å². The average molecular weight is 336 g/mol. The van der Waals surface area contributed by atoms with Crippen LogP contribution in [-0.2, 0) is 9.36 Å². The lowest BCUT2D eigenvalue weighted by molar-refractivity contribution is -0.141. The van der Waals surface area contributed by atoms with Crippen molar-refractivity contribution in [3.8, 4) is 0 Å². The minimum absolute atomic E-state index is 0.0552. The quantitative estimate of drug-likeness (QED) is 0.315. The van der Waals surface area contributed by atoms with E-state index >= 15 is 0 Å². The Labute approximate surface area is 134 Å². The number of carbonyl (C=O) groups is 1. The summed E-state index contributed by atoms with van der Waals surface area (Å²) in [5.41, 5.74) is 0. The van der Waals surface area contributed by atoms with Gasteiger partial charge in [0.05, 0.1) is 0 Å². The Morgan fingerprint density at radius 3 is 1.64 bits per heavy atom. The molecule has 0 heterocycles. The molecule has 3 N–H and O–H groups in total. The molecular weight excluding hydrogens is 303 g/mol. The molecular formula is C16H33O5P. The number of carboxylic acids is 1. The summed E-state index contributed by atoms with van der Waals surface area (Å²) in [4.78, 5) is 30.6. The molecule has 132 valence electrons. The third-order valence-electron chi connectivity index (χ3n) is 4.34. The summed E-state index contributed by atoms with van der Waals surface area (Å²) in [7, 11) is -4.66. The minimum atomic E-state index is -4.66. The maximum atomic E-state index is 11.8. The lowest BCUT2D eigenvalue weighted by Gasteiger charge is -2.30. The highest BCUT2D eigenvalue weighted by Crippen LogP contribution is 2.56. The Kier molecular flexibility index (Phi) is 11.0. The van der Waals surface area contributed by atoms with Gasteiger partial charge >= 0.3 is 13.6 Å². The van der Waals surface area contributed by atoms with E-state index in [2.05, 4.69) is 6.92 Å². The summed E-state index contributed by atoms with van der Waals surface area (Å²) in [6, 6.07) is 0. The van der Waals surface area contributed by atoms with Crippen molar-refractivity contribution in [3.05, 3.63) is 0 Å². The lowest BCUT2D eigenvalue weighted by atomic mass is 9.94. The Morgan fingerprint density at radius 2 is 1.23 bits per heavy atom. The largest absolute Gasteiger partial charge is 0.480 e. The molecule has 0 aromatic carbocycles. The monoisotopic (exact) mass is 336 g/mol. The summed E-state index contributed by atoms with van der Waals surface area (Å²) in [5, 5.41) is 7.51. The Balaban J connectivity index is 4.36. The normalized spacial score (nSPS) is 14.7. The molecule has 0 aromatic heterocycles. The number of rotatable bonds is 14. The van der Waals surface area contributed by atoms with Crippen molar-refractivity contribution in [3.63, 3.8) is 0 Å². The molecule has 5 nitrogen and oxygen atoms in total. The van der Waals surface area contributed by atoms with Gasteiger partial charge in [0.25, 0.3) is 0 Å². The molecule has 0 saturated heterocycles. The van der Waals surface area contributed by atoms with Gasteiger partial charge in [0, 0.05) is 0 Å². The molecule has 0 fully saturated rings. The molecule has 0 radical (unpaired) electrons. The van der Waals surface area contributed by atoms with Crippen molar-refractivity contribution in [2.75, 3.05) is 0 Å². The van der Waals surface area contributed by atoms with E-state index < -0.39 is 18.7 Å². The van der Waals surface area contributed by atoms with Crippen LogP contribution in [0, 0.1) is 0 Å². The van der Waals surface area contributed by atoms with Gasteiger partial charge in [0.2, 0.25) is 0 Å². The standard InChI is InChI=1S/C16H33O5P/c1-3-5-7-8-9-10-11-12-14-16(15(17)18,13-6-4-2)22(19,20)21/h3-14H2,1-2H3,(H,17,18)(H2,19,20,21). The van der Waals surface area contributed by atoms with Gasteiger partial charge in [-0.25, -0.2) is 0 Å². The number of carboxylic acid groups (broad SMARTS) is 1. The maximum Gasteiger partial charge on any atom is 0.342 e. The van der Waals surface area contributed by atoms with Crippen LogP contribution in [0.4, 0.5) is 0 Å². The fraction of sp³-hybridized carbons (Fsp3) is 0.938. The van der Waals surface area contributed by atoms with Gasteiger partial charge in [0.1, 0.15) is 0 Å². The van der Waals surface area contributed by atoms with E-state index in [9.17, 15) is 24.3 Å². The zero-order valence-electron chi connectivity index (χ0n) is 14.1. The summed E-state index contributed by atoms with van der Waals surface area (Å²) >= 11 is 0. The van der Waals surface area contributed by atoms with E-state index in [0.29, 0.717) is 12.8 Å². The molecule has 0 saturated carbocycles. The highest BCUT2D eigenvalue weighted by atomic mass is 31.2. The first kappa shape index (κ1) is 21.6. The fourth-order valence-electron chi connectivity index (χ4n) is 2.78. The van der Waals surface area contributed by atoms with E-state index in [1.807, 2.05) is 6.92 Å². The minimum Gasteiger partial charge on any atom is -0.480 e. The number of hydrogen-bond acceptors (Lipinski definition) is 2. The van der Waals surface area contributed by atoms with Crippen molar-refractivity contribution < 1.29 is 24.3 Å². The van der Waals surface area contributed by atoms with Crippen molar-refractivity contribution >= 4 is 13.6 Å². The van der Waals surface area contributed by atoms with Gasteiger partial charge in [-0.2, -0.15) is 0 Å². The molecule has 6 heteroatoms. The molecule has 0 aliphatic carbocycles. The molecule has 22 heavy (non-hydrogen) atoms. The van der Waals surface area contributed by atoms with Crippen molar-refractivity contribution in [1.29, 1.82) is 0 Å². The fourth-order valence-corrected chi connectivity index (χ4v) is 3.92. The molecule has 1 atom stereocenters. The summed E-state index contributed by atoms with van der Waals surface area (Å²) in [6.07, 6.45) is 9.78. The third-order valence-corrected chi connectivity index (χ3v) is 6.10. The SMILES string of the molecule is CCCCCCCCCCC(CCCC)(C(=O)O)P(=O)(O)O. The van der Waals surface area contributed by atoms with Gasteiger partial charge in [0.15, 0.2) is 5.16 Å². The number of hydrogen-bond donors (Lipinski definition) is 3. The second-order valence-corrected chi connectivity index (χ2v) is 8.15. The van der Waals surface area contributed by atoms with Crippen LogP contribution in [0.3, 0.4) is 0 Å². The zero-order chi connectivity index (χ0) is 17.1. The smallest absolute Gasteiger partial charge is 0.342 e. The van der Waals surface area contributed by atoms with Gasteiger partial charge in [-0.3, -0.25) is 9.36 Å². The molecule has 0 aromatic rings. The van der Waals surface area contributed by atoms with E-state index in [1.165, 1.54) is 25.7 Å². The maximum absolute atomic E-state index is 11.8. The van der Waals surface area contributed by atoms with E-state index in [-0.39, 0.29) is 12.8 Å². The van der Waals surface area contributed by atoms with E-state index in [0.717, 1.165) is 25.7 Å². The van der Waals surface area contributed by atoms with Crippen LogP contribution < -0.4 is 0 Å². The number of aliphatic carboxylic acids is 1. The van der Waals surface area contributed by atoms with E-state index in [4.69, 9.17) is 0 Å². The van der Waals surface area contributed by atoms with Gasteiger partial charge in [-0.1, -0.05) is 78.1 Å². The van der Waals surface area contributed by atoms with Crippen LogP contribution in [0.15, 0.2) is 0 Å². The van der Waals surface area contributed by atoms with Gasteiger partial charge in [-0.05, 0) is 12.8 Å². The first-order chi connectivity index (χ1) is 10.3. The van der Waals surface area contributed by atoms with Crippen LogP contribution in [0.1, 0.15) is 90.9 Å². The topological polar surface area (TPSA) is 94.8 Å². The highest BCUT2D eigenvalue weighted by molar-refractivity contribution is 7.54. The average Bonchev–Trinajstić information content (AvgIpc) is 2.43. The number of unbranched alkanes of at least 4 members (excludes halogenated alkanes) is 8. The highest BCUT2D eigenvalue weighted by Gasteiger charge is 2.52. The molecule has 0 bridgehead atoms. The molecule has 1 unspecified atom stereocenters. The Bertz CT molecular complexity index is 352. The molecule has 0 aliphatic rings. The Morgan fingerprint density at radius 1 is 0.818 bits per heavy atom. The molecule has 0 aliphatic heterocycles. The predicted molar refractivity (Wildman–Crippen MR) is 89.2 cm³/mol. The van der Waals surface area contributed by atoms with E-state index in [1.54, 1.807) is 0 Å². The summed E-state index contributed by atoms with van der Waals surface area (Å²) in [5.74, 6) is -1.35. The van der Waals surface area contributed by atoms with Crippen LogP contribution >= 0.6 is 7.60 Å². The summed E-state index contributed by atoms with van der Waals surface area (Å²) < 4.78 is 11.8. The molecule has 0 spiro atoms. The third kappa shape index (κ3) is 7.26. The predicted octanol–water partition coefficient (Wildman–Crippen LogP) is 4.71. The zero-order valence-corrected chi connectivity index (χ0v) is 15.0. The van der Waals surface area contributed by atoms with Crippen LogP contribution in [0.25, 0.3) is 0 Å². The Hall–Kier alpha value is -0.380. The van der Waals surface area contributed by atoms with Crippen LogP contribution in [0.5, 0.6) is 0 Å². The van der Waals surface area contributed by atoms with Crippen LogP contribution in [-0.4, -0.2) is 26.0 Å². The van der Waals surface area contributed by atoms with Gasteiger partial charge in [-0.15, -0.1) is 0 Å².